The standard InChI is InChI=1S/C18H15ClN4O/c1-11-8-15-17(20-10-14-6-3-7-24-14)22-16(23-18(15)21-11)12-4-2-5-13(19)9-12/h2-9H,10H2,1H3,(H2,20,21,22,23). The Morgan fingerprint density at radius 3 is 2.88 bits per heavy atom. The van der Waals surface area contributed by atoms with Crippen molar-refractivity contribution in [3.05, 3.63) is 65.2 Å². The van der Waals surface area contributed by atoms with E-state index >= 15 is 0 Å². The van der Waals surface area contributed by atoms with Gasteiger partial charge in [-0.1, -0.05) is 23.7 Å². The maximum Gasteiger partial charge on any atom is 0.163 e. The van der Waals surface area contributed by atoms with Gasteiger partial charge in [0.05, 0.1) is 18.2 Å². The summed E-state index contributed by atoms with van der Waals surface area (Å²) in [4.78, 5) is 12.6. The lowest BCUT2D eigenvalue weighted by atomic mass is 10.2. The van der Waals surface area contributed by atoms with Crippen LogP contribution < -0.4 is 5.32 Å². The van der Waals surface area contributed by atoms with Crippen LogP contribution in [0.5, 0.6) is 0 Å². The Kier molecular flexibility index (Phi) is 3.70. The Morgan fingerprint density at radius 1 is 1.17 bits per heavy atom. The summed E-state index contributed by atoms with van der Waals surface area (Å²) >= 11 is 6.09. The largest absolute Gasteiger partial charge is 0.467 e. The number of nitrogens with one attached hydrogen (secondary N) is 2. The van der Waals surface area contributed by atoms with Crippen molar-refractivity contribution in [3.8, 4) is 11.4 Å². The fourth-order valence-electron chi connectivity index (χ4n) is 2.62. The number of nitrogens with zero attached hydrogens (tertiary/aromatic N) is 2. The van der Waals surface area contributed by atoms with Crippen LogP contribution in [0.15, 0.2) is 53.1 Å². The normalized spacial score (nSPS) is 11.1. The predicted octanol–water partition coefficient (Wildman–Crippen LogP) is 4.79. The molecule has 0 saturated carbocycles. The van der Waals surface area contributed by atoms with Gasteiger partial charge in [0, 0.05) is 16.3 Å². The third-order valence-corrected chi connectivity index (χ3v) is 3.95. The molecule has 0 saturated heterocycles. The van der Waals surface area contributed by atoms with Crippen LogP contribution in [0.1, 0.15) is 11.5 Å². The zero-order chi connectivity index (χ0) is 16.5. The zero-order valence-electron chi connectivity index (χ0n) is 13.0. The highest BCUT2D eigenvalue weighted by atomic mass is 35.5. The second-order valence-corrected chi connectivity index (χ2v) is 5.99. The van der Waals surface area contributed by atoms with Gasteiger partial charge in [-0.3, -0.25) is 0 Å². The van der Waals surface area contributed by atoms with Gasteiger partial charge in [-0.15, -0.1) is 0 Å². The van der Waals surface area contributed by atoms with E-state index in [-0.39, 0.29) is 0 Å². The van der Waals surface area contributed by atoms with Crippen molar-refractivity contribution in [2.24, 2.45) is 0 Å². The topological polar surface area (TPSA) is 66.7 Å². The van der Waals surface area contributed by atoms with Crippen molar-refractivity contribution in [2.75, 3.05) is 5.32 Å². The molecule has 0 aliphatic rings. The average molecular weight is 339 g/mol. The van der Waals surface area contributed by atoms with Crippen molar-refractivity contribution in [1.82, 2.24) is 15.0 Å². The van der Waals surface area contributed by atoms with E-state index in [1.165, 1.54) is 0 Å². The highest BCUT2D eigenvalue weighted by Crippen LogP contribution is 2.27. The smallest absolute Gasteiger partial charge is 0.163 e. The first-order valence-electron chi connectivity index (χ1n) is 7.58. The maximum atomic E-state index is 6.09. The summed E-state index contributed by atoms with van der Waals surface area (Å²) in [6.45, 7) is 2.55. The molecule has 3 heterocycles. The molecular weight excluding hydrogens is 324 g/mol. The van der Waals surface area contributed by atoms with E-state index in [1.807, 2.05) is 49.4 Å². The van der Waals surface area contributed by atoms with Gasteiger partial charge in [0.15, 0.2) is 5.82 Å². The SMILES string of the molecule is Cc1cc2c(NCc3ccco3)nc(-c3cccc(Cl)c3)nc2[nH]1. The first kappa shape index (κ1) is 14.8. The number of H-pyrrole nitrogens is 1. The summed E-state index contributed by atoms with van der Waals surface area (Å²) in [7, 11) is 0. The molecule has 2 N–H and O–H groups in total. The fraction of sp³-hybridized carbons (Fsp3) is 0.111. The molecule has 0 atom stereocenters. The molecule has 0 fully saturated rings. The van der Waals surface area contributed by atoms with Gasteiger partial charge in [0.2, 0.25) is 0 Å². The Hall–Kier alpha value is -2.79. The van der Waals surface area contributed by atoms with Crippen LogP contribution in [0.3, 0.4) is 0 Å². The number of anilines is 1. The summed E-state index contributed by atoms with van der Waals surface area (Å²) in [5.41, 5.74) is 2.70. The van der Waals surface area contributed by atoms with Gasteiger partial charge in [-0.2, -0.15) is 0 Å². The highest BCUT2D eigenvalue weighted by Gasteiger charge is 2.12. The van der Waals surface area contributed by atoms with E-state index in [1.54, 1.807) is 6.26 Å². The van der Waals surface area contributed by atoms with Gasteiger partial charge in [0.1, 0.15) is 17.2 Å². The summed E-state index contributed by atoms with van der Waals surface area (Å²) < 4.78 is 5.37. The lowest BCUT2D eigenvalue weighted by Crippen LogP contribution is -2.03. The van der Waals surface area contributed by atoms with E-state index in [0.29, 0.717) is 17.4 Å². The number of hydrogen-bond acceptors (Lipinski definition) is 4. The number of hydrogen-bond donors (Lipinski definition) is 2. The number of rotatable bonds is 4. The number of benzene rings is 1. The van der Waals surface area contributed by atoms with Crippen molar-refractivity contribution in [1.29, 1.82) is 0 Å². The van der Waals surface area contributed by atoms with Crippen LogP contribution >= 0.6 is 11.6 Å². The van der Waals surface area contributed by atoms with Crippen molar-refractivity contribution in [3.63, 3.8) is 0 Å². The van der Waals surface area contributed by atoms with Crippen LogP contribution in [0.25, 0.3) is 22.4 Å². The predicted molar refractivity (Wildman–Crippen MR) is 95.1 cm³/mol. The zero-order valence-corrected chi connectivity index (χ0v) is 13.8. The molecule has 0 radical (unpaired) electrons. The summed E-state index contributed by atoms with van der Waals surface area (Å²) in [6.07, 6.45) is 1.66. The molecule has 0 bridgehead atoms. The summed E-state index contributed by atoms with van der Waals surface area (Å²) in [6, 6.07) is 13.3. The van der Waals surface area contributed by atoms with Crippen LogP contribution in [-0.2, 0) is 6.54 Å². The van der Waals surface area contributed by atoms with Gasteiger partial charge in [-0.25, -0.2) is 9.97 Å². The molecule has 5 nitrogen and oxygen atoms in total. The molecule has 6 heteroatoms. The minimum atomic E-state index is 0.554. The Labute approximate surface area is 143 Å². The van der Waals surface area contributed by atoms with Crippen LogP contribution in [0.4, 0.5) is 5.82 Å². The van der Waals surface area contributed by atoms with E-state index in [4.69, 9.17) is 16.0 Å². The van der Waals surface area contributed by atoms with Crippen LogP contribution in [-0.4, -0.2) is 15.0 Å². The van der Waals surface area contributed by atoms with Crippen molar-refractivity contribution < 1.29 is 4.42 Å². The van der Waals surface area contributed by atoms with Gasteiger partial charge >= 0.3 is 0 Å². The molecule has 4 rings (SSSR count). The molecule has 0 aliphatic carbocycles. The summed E-state index contributed by atoms with van der Waals surface area (Å²) in [5, 5.41) is 4.94. The minimum absolute atomic E-state index is 0.554. The highest BCUT2D eigenvalue weighted by molar-refractivity contribution is 6.30. The molecule has 24 heavy (non-hydrogen) atoms. The number of halogens is 1. The first-order valence-corrected chi connectivity index (χ1v) is 7.96. The molecule has 3 aromatic heterocycles. The van der Waals surface area contributed by atoms with Crippen LogP contribution in [0.2, 0.25) is 5.02 Å². The molecule has 4 aromatic rings. The lowest BCUT2D eigenvalue weighted by molar-refractivity contribution is 0.518. The Morgan fingerprint density at radius 2 is 2.08 bits per heavy atom. The molecule has 0 amide bonds. The third kappa shape index (κ3) is 2.86. The lowest BCUT2D eigenvalue weighted by Gasteiger charge is -2.08. The van der Waals surface area contributed by atoms with Crippen molar-refractivity contribution >= 4 is 28.5 Å². The van der Waals surface area contributed by atoms with Gasteiger partial charge in [-0.05, 0) is 37.3 Å². The maximum absolute atomic E-state index is 6.09. The Bertz CT molecular complexity index is 992. The minimum Gasteiger partial charge on any atom is -0.467 e. The number of fused-ring (bicyclic) bond motifs is 1. The second-order valence-electron chi connectivity index (χ2n) is 5.55. The molecule has 1 aromatic carbocycles. The van der Waals surface area contributed by atoms with E-state index < -0.39 is 0 Å². The molecule has 0 spiro atoms. The fourth-order valence-corrected chi connectivity index (χ4v) is 2.81. The number of aryl methyl sites for hydroxylation is 1. The summed E-state index contributed by atoms with van der Waals surface area (Å²) in [5.74, 6) is 2.22. The molecule has 0 unspecified atom stereocenters. The molecule has 0 aliphatic heterocycles. The average Bonchev–Trinajstić information content (AvgIpc) is 3.20. The number of furan rings is 1. The van der Waals surface area contributed by atoms with Gasteiger partial charge < -0.3 is 14.7 Å². The first-order chi connectivity index (χ1) is 11.7. The van der Waals surface area contributed by atoms with E-state index in [0.717, 1.165) is 33.9 Å². The molecule has 120 valence electrons. The number of aromatic amines is 1. The monoisotopic (exact) mass is 338 g/mol. The Balaban J connectivity index is 1.78. The van der Waals surface area contributed by atoms with E-state index in [2.05, 4.69) is 20.3 Å². The molecular formula is C18H15ClN4O. The third-order valence-electron chi connectivity index (χ3n) is 3.72. The number of aromatic nitrogens is 3. The van der Waals surface area contributed by atoms with Gasteiger partial charge in [0.25, 0.3) is 0 Å². The van der Waals surface area contributed by atoms with Crippen LogP contribution in [0, 0.1) is 6.92 Å². The quantitative estimate of drug-likeness (QED) is 0.561. The van der Waals surface area contributed by atoms with Crippen molar-refractivity contribution in [2.45, 2.75) is 13.5 Å². The van der Waals surface area contributed by atoms with E-state index in [9.17, 15) is 0 Å². The second kappa shape index (κ2) is 6.02.